The molecule has 0 radical (unpaired) electrons. The van der Waals surface area contributed by atoms with Crippen LogP contribution in [0, 0.1) is 5.92 Å². The minimum absolute atomic E-state index is 0.216. The van der Waals surface area contributed by atoms with Crippen LogP contribution < -0.4 is 0 Å². The first-order valence-electron chi connectivity index (χ1n) is 10.1. The predicted octanol–water partition coefficient (Wildman–Crippen LogP) is 7.13. The smallest absolute Gasteiger partial charge is 0.306 e. The summed E-state index contributed by atoms with van der Waals surface area (Å²) in [6.45, 7) is 4.05. The fraction of sp³-hybridized carbons (Fsp3) is 0.857. The minimum atomic E-state index is -0.681. The molecule has 0 aromatic rings. The van der Waals surface area contributed by atoms with E-state index >= 15 is 0 Å². The highest BCUT2D eigenvalue weighted by atomic mass is 16.4. The van der Waals surface area contributed by atoms with E-state index in [1.807, 2.05) is 0 Å². The van der Waals surface area contributed by atoms with Crippen molar-refractivity contribution < 1.29 is 9.90 Å². The van der Waals surface area contributed by atoms with Crippen molar-refractivity contribution in [2.45, 2.75) is 110 Å². The Hall–Kier alpha value is -0.790. The number of carboxylic acids is 1. The summed E-state index contributed by atoms with van der Waals surface area (Å²) in [5.41, 5.74) is 0. The lowest BCUT2D eigenvalue weighted by Gasteiger charge is -2.02. The monoisotopic (exact) mass is 324 g/mol. The number of unbranched alkanes of at least 4 members (excludes halogenated alkanes) is 12. The molecular formula is C21H40O2. The molecule has 2 heteroatoms. The zero-order valence-electron chi connectivity index (χ0n) is 15.7. The van der Waals surface area contributed by atoms with Crippen LogP contribution in [-0.2, 0) is 4.79 Å². The van der Waals surface area contributed by atoms with Gasteiger partial charge in [-0.15, -0.1) is 0 Å². The lowest BCUT2D eigenvalue weighted by Crippen LogP contribution is -2.08. The first-order valence-corrected chi connectivity index (χ1v) is 10.1. The van der Waals surface area contributed by atoms with Crippen LogP contribution >= 0.6 is 0 Å². The number of carbonyl (C=O) groups is 1. The van der Waals surface area contributed by atoms with Gasteiger partial charge in [0.25, 0.3) is 0 Å². The molecule has 136 valence electrons. The highest BCUT2D eigenvalue weighted by Crippen LogP contribution is 2.13. The van der Waals surface area contributed by atoms with Gasteiger partial charge >= 0.3 is 5.97 Å². The summed E-state index contributed by atoms with van der Waals surface area (Å²) >= 11 is 0. The van der Waals surface area contributed by atoms with Gasteiger partial charge < -0.3 is 5.11 Å². The van der Waals surface area contributed by atoms with E-state index < -0.39 is 5.97 Å². The Morgan fingerprint density at radius 1 is 0.783 bits per heavy atom. The van der Waals surface area contributed by atoms with Crippen LogP contribution in [0.25, 0.3) is 0 Å². The van der Waals surface area contributed by atoms with Crippen molar-refractivity contribution in [2.75, 3.05) is 0 Å². The van der Waals surface area contributed by atoms with Gasteiger partial charge in [-0.05, 0) is 25.7 Å². The third kappa shape index (κ3) is 17.4. The van der Waals surface area contributed by atoms with Crippen LogP contribution in [0.3, 0.4) is 0 Å². The van der Waals surface area contributed by atoms with Crippen molar-refractivity contribution in [1.82, 2.24) is 0 Å². The average molecular weight is 325 g/mol. The largest absolute Gasteiger partial charge is 0.481 e. The topological polar surface area (TPSA) is 37.3 Å². The molecule has 2 nitrogen and oxygen atoms in total. The Morgan fingerprint density at radius 3 is 1.70 bits per heavy atom. The van der Waals surface area contributed by atoms with Crippen molar-refractivity contribution in [3.05, 3.63) is 12.2 Å². The molecule has 1 unspecified atom stereocenters. The van der Waals surface area contributed by atoms with Crippen LogP contribution in [0.1, 0.15) is 110 Å². The SMILES string of the molecule is CCCCCCCCCCCCCC/C=C/CCC(C)C(=O)O. The van der Waals surface area contributed by atoms with E-state index in [0.29, 0.717) is 0 Å². The minimum Gasteiger partial charge on any atom is -0.481 e. The third-order valence-electron chi connectivity index (χ3n) is 4.58. The molecule has 0 saturated carbocycles. The lowest BCUT2D eigenvalue weighted by molar-refractivity contribution is -0.141. The molecule has 0 aliphatic carbocycles. The molecule has 0 heterocycles. The molecule has 23 heavy (non-hydrogen) atoms. The molecule has 0 aliphatic heterocycles. The summed E-state index contributed by atoms with van der Waals surface area (Å²) in [6, 6.07) is 0. The van der Waals surface area contributed by atoms with Gasteiger partial charge in [0.2, 0.25) is 0 Å². The van der Waals surface area contributed by atoms with Crippen LogP contribution in [-0.4, -0.2) is 11.1 Å². The maximum absolute atomic E-state index is 10.7. The highest BCUT2D eigenvalue weighted by molar-refractivity contribution is 5.69. The zero-order chi connectivity index (χ0) is 17.2. The Kier molecular flexibility index (Phi) is 17.0. The van der Waals surface area contributed by atoms with E-state index in [2.05, 4.69) is 19.1 Å². The highest BCUT2D eigenvalue weighted by Gasteiger charge is 2.08. The van der Waals surface area contributed by atoms with Gasteiger partial charge in [0.05, 0.1) is 5.92 Å². The molecule has 0 spiro atoms. The standard InChI is InChI=1S/C21H40O2/c1-3-4-5-6-7-8-9-10-11-12-13-14-15-16-17-18-19-20(2)21(22)23/h16-17,20H,3-15,18-19H2,1-2H3,(H,22,23)/b17-16+. The summed E-state index contributed by atoms with van der Waals surface area (Å²) in [5, 5.41) is 8.78. The maximum atomic E-state index is 10.7. The Balaban J connectivity index is 3.14. The fourth-order valence-corrected chi connectivity index (χ4v) is 2.81. The van der Waals surface area contributed by atoms with Crippen molar-refractivity contribution in [3.63, 3.8) is 0 Å². The number of carboxylic acid groups (broad SMARTS) is 1. The number of hydrogen-bond acceptors (Lipinski definition) is 1. The first kappa shape index (κ1) is 22.2. The van der Waals surface area contributed by atoms with Crippen LogP contribution in [0.2, 0.25) is 0 Å². The van der Waals surface area contributed by atoms with Crippen molar-refractivity contribution in [3.8, 4) is 0 Å². The summed E-state index contributed by atoms with van der Waals surface area (Å²) < 4.78 is 0. The molecule has 0 amide bonds. The molecule has 0 bridgehead atoms. The summed E-state index contributed by atoms with van der Waals surface area (Å²) in [6.07, 6.45) is 23.9. The Bertz CT molecular complexity index is 284. The lowest BCUT2D eigenvalue weighted by atomic mass is 10.0. The molecule has 1 atom stereocenters. The number of allylic oxidation sites excluding steroid dienone is 2. The second kappa shape index (κ2) is 17.6. The second-order valence-electron chi connectivity index (χ2n) is 6.97. The van der Waals surface area contributed by atoms with Gasteiger partial charge in [0, 0.05) is 0 Å². The second-order valence-corrected chi connectivity index (χ2v) is 6.97. The van der Waals surface area contributed by atoms with Gasteiger partial charge in [-0.2, -0.15) is 0 Å². The summed E-state index contributed by atoms with van der Waals surface area (Å²) in [5.74, 6) is -0.898. The molecule has 0 aromatic heterocycles. The van der Waals surface area contributed by atoms with Crippen molar-refractivity contribution >= 4 is 5.97 Å². The third-order valence-corrected chi connectivity index (χ3v) is 4.58. The number of rotatable bonds is 17. The van der Waals surface area contributed by atoms with E-state index in [1.165, 1.54) is 77.0 Å². The van der Waals surface area contributed by atoms with E-state index in [1.54, 1.807) is 6.92 Å². The maximum Gasteiger partial charge on any atom is 0.306 e. The summed E-state index contributed by atoms with van der Waals surface area (Å²) in [4.78, 5) is 10.7. The molecule has 0 aromatic carbocycles. The van der Waals surface area contributed by atoms with Gasteiger partial charge in [-0.25, -0.2) is 0 Å². The van der Waals surface area contributed by atoms with Crippen LogP contribution in [0.15, 0.2) is 12.2 Å². The van der Waals surface area contributed by atoms with Gasteiger partial charge in [-0.3, -0.25) is 4.79 Å². The molecule has 0 rings (SSSR count). The quantitative estimate of drug-likeness (QED) is 0.228. The van der Waals surface area contributed by atoms with E-state index in [0.717, 1.165) is 19.3 Å². The zero-order valence-corrected chi connectivity index (χ0v) is 15.7. The molecule has 0 saturated heterocycles. The Labute approximate surface area is 144 Å². The van der Waals surface area contributed by atoms with Crippen molar-refractivity contribution in [1.29, 1.82) is 0 Å². The van der Waals surface area contributed by atoms with E-state index in [9.17, 15) is 4.79 Å². The number of aliphatic carboxylic acids is 1. The van der Waals surface area contributed by atoms with Crippen LogP contribution in [0.5, 0.6) is 0 Å². The normalized spacial score (nSPS) is 12.8. The van der Waals surface area contributed by atoms with Gasteiger partial charge in [-0.1, -0.05) is 96.6 Å². The molecule has 0 aliphatic rings. The summed E-state index contributed by atoms with van der Waals surface area (Å²) in [7, 11) is 0. The molecular weight excluding hydrogens is 284 g/mol. The Morgan fingerprint density at radius 2 is 1.22 bits per heavy atom. The first-order chi connectivity index (χ1) is 11.2. The van der Waals surface area contributed by atoms with Gasteiger partial charge in [0.1, 0.15) is 0 Å². The van der Waals surface area contributed by atoms with Crippen molar-refractivity contribution in [2.24, 2.45) is 5.92 Å². The van der Waals surface area contributed by atoms with E-state index in [-0.39, 0.29) is 5.92 Å². The van der Waals surface area contributed by atoms with Crippen LogP contribution in [0.4, 0.5) is 0 Å². The average Bonchev–Trinajstić information content (AvgIpc) is 2.54. The predicted molar refractivity (Wildman–Crippen MR) is 101 cm³/mol. The molecule has 1 N–H and O–H groups in total. The fourth-order valence-electron chi connectivity index (χ4n) is 2.81. The van der Waals surface area contributed by atoms with Gasteiger partial charge in [0.15, 0.2) is 0 Å². The van der Waals surface area contributed by atoms with E-state index in [4.69, 9.17) is 5.11 Å². The molecule has 0 fully saturated rings. The number of hydrogen-bond donors (Lipinski definition) is 1.